The zero-order valence-electron chi connectivity index (χ0n) is 10.8. The SMILES string of the molecule is CCCNc1nc(-c2cc(Br)cs2)nc(CC)c1I. The van der Waals surface area contributed by atoms with Crippen LogP contribution in [0.4, 0.5) is 5.82 Å². The van der Waals surface area contributed by atoms with Crippen molar-refractivity contribution in [1.82, 2.24) is 9.97 Å². The Bertz CT molecular complexity index is 571. The maximum atomic E-state index is 4.67. The first kappa shape index (κ1) is 15.2. The fraction of sp³-hybridized carbons (Fsp3) is 0.385. The molecule has 2 aromatic rings. The number of hydrogen-bond acceptors (Lipinski definition) is 4. The van der Waals surface area contributed by atoms with Gasteiger partial charge in [0.25, 0.3) is 0 Å². The fourth-order valence-electron chi connectivity index (χ4n) is 1.63. The van der Waals surface area contributed by atoms with E-state index in [0.29, 0.717) is 0 Å². The third-order valence-corrected chi connectivity index (χ3v) is 5.41. The average molecular weight is 452 g/mol. The lowest BCUT2D eigenvalue weighted by Gasteiger charge is -2.11. The van der Waals surface area contributed by atoms with Gasteiger partial charge >= 0.3 is 0 Å². The van der Waals surface area contributed by atoms with Gasteiger partial charge in [-0.15, -0.1) is 11.3 Å². The number of thiophene rings is 1. The van der Waals surface area contributed by atoms with E-state index >= 15 is 0 Å². The van der Waals surface area contributed by atoms with Gasteiger partial charge in [0.15, 0.2) is 5.82 Å². The van der Waals surface area contributed by atoms with E-state index in [4.69, 9.17) is 0 Å². The van der Waals surface area contributed by atoms with Gasteiger partial charge in [0.2, 0.25) is 0 Å². The maximum absolute atomic E-state index is 4.67. The predicted molar refractivity (Wildman–Crippen MR) is 93.9 cm³/mol. The second kappa shape index (κ2) is 6.99. The third kappa shape index (κ3) is 3.66. The Morgan fingerprint density at radius 2 is 2.16 bits per heavy atom. The molecule has 0 radical (unpaired) electrons. The van der Waals surface area contributed by atoms with Gasteiger partial charge in [-0.25, -0.2) is 9.97 Å². The molecule has 19 heavy (non-hydrogen) atoms. The Kier molecular flexibility index (Phi) is 5.58. The first-order chi connectivity index (χ1) is 9.15. The Morgan fingerprint density at radius 3 is 2.74 bits per heavy atom. The number of rotatable bonds is 5. The molecule has 0 fully saturated rings. The number of anilines is 1. The molecule has 0 bridgehead atoms. The molecule has 0 spiro atoms. The normalized spacial score (nSPS) is 10.7. The highest BCUT2D eigenvalue weighted by Crippen LogP contribution is 2.30. The summed E-state index contributed by atoms with van der Waals surface area (Å²) in [6, 6.07) is 2.07. The topological polar surface area (TPSA) is 37.8 Å². The van der Waals surface area contributed by atoms with E-state index in [-0.39, 0.29) is 0 Å². The van der Waals surface area contributed by atoms with Crippen molar-refractivity contribution in [3.63, 3.8) is 0 Å². The standard InChI is InChI=1S/C13H15BrIN3S/c1-3-5-16-13-11(15)9(4-2)17-12(18-13)10-6-8(14)7-19-10/h6-7H,3-5H2,1-2H3,(H,16,17,18). The lowest BCUT2D eigenvalue weighted by Crippen LogP contribution is -2.08. The van der Waals surface area contributed by atoms with Crippen LogP contribution in [0.25, 0.3) is 10.7 Å². The fourth-order valence-corrected chi connectivity index (χ4v) is 3.80. The van der Waals surface area contributed by atoms with Crippen molar-refractivity contribution in [3.05, 3.63) is 25.2 Å². The van der Waals surface area contributed by atoms with Crippen LogP contribution in [0.15, 0.2) is 15.9 Å². The number of aromatic nitrogens is 2. The molecule has 102 valence electrons. The summed E-state index contributed by atoms with van der Waals surface area (Å²) in [6.07, 6.45) is 2.00. The van der Waals surface area contributed by atoms with Crippen LogP contribution in [0, 0.1) is 3.57 Å². The van der Waals surface area contributed by atoms with Gasteiger partial charge < -0.3 is 5.32 Å². The van der Waals surface area contributed by atoms with Crippen LogP contribution in [-0.2, 0) is 6.42 Å². The Balaban J connectivity index is 2.44. The van der Waals surface area contributed by atoms with E-state index < -0.39 is 0 Å². The van der Waals surface area contributed by atoms with Crippen molar-refractivity contribution >= 4 is 55.7 Å². The van der Waals surface area contributed by atoms with Crippen molar-refractivity contribution in [2.75, 3.05) is 11.9 Å². The summed E-state index contributed by atoms with van der Waals surface area (Å²) in [5, 5.41) is 5.45. The molecule has 2 aromatic heterocycles. The molecule has 0 saturated carbocycles. The summed E-state index contributed by atoms with van der Waals surface area (Å²) >= 11 is 7.46. The van der Waals surface area contributed by atoms with Crippen LogP contribution >= 0.6 is 49.9 Å². The minimum absolute atomic E-state index is 0.812. The van der Waals surface area contributed by atoms with Gasteiger partial charge in [-0.05, 0) is 57.4 Å². The molecule has 1 N–H and O–H groups in total. The summed E-state index contributed by atoms with van der Waals surface area (Å²) in [5.74, 6) is 1.76. The van der Waals surface area contributed by atoms with Gasteiger partial charge in [-0.1, -0.05) is 13.8 Å². The van der Waals surface area contributed by atoms with E-state index in [1.54, 1.807) is 11.3 Å². The lowest BCUT2D eigenvalue weighted by atomic mass is 10.3. The van der Waals surface area contributed by atoms with Crippen LogP contribution in [0.5, 0.6) is 0 Å². The van der Waals surface area contributed by atoms with Crippen LogP contribution < -0.4 is 5.32 Å². The average Bonchev–Trinajstić information content (AvgIpc) is 2.84. The second-order valence-corrected chi connectivity index (χ2v) is 6.97. The number of nitrogens with zero attached hydrogens (tertiary/aromatic N) is 2. The van der Waals surface area contributed by atoms with Gasteiger partial charge in [0.1, 0.15) is 5.82 Å². The van der Waals surface area contributed by atoms with Crippen LogP contribution in [0.2, 0.25) is 0 Å². The number of hydrogen-bond donors (Lipinski definition) is 1. The summed E-state index contributed by atoms with van der Waals surface area (Å²) in [5.41, 5.74) is 1.11. The van der Waals surface area contributed by atoms with Gasteiger partial charge in [-0.3, -0.25) is 0 Å². The van der Waals surface area contributed by atoms with Gasteiger partial charge in [0, 0.05) is 16.4 Å². The summed E-state index contributed by atoms with van der Waals surface area (Å²) in [6.45, 7) is 5.21. The Morgan fingerprint density at radius 1 is 1.37 bits per heavy atom. The first-order valence-corrected chi connectivity index (χ1v) is 8.95. The molecular formula is C13H15BrIN3S. The monoisotopic (exact) mass is 451 g/mol. The molecule has 6 heteroatoms. The molecule has 0 aliphatic carbocycles. The maximum Gasteiger partial charge on any atom is 0.171 e. The number of aryl methyl sites for hydroxylation is 1. The first-order valence-electron chi connectivity index (χ1n) is 6.20. The van der Waals surface area contributed by atoms with E-state index in [1.165, 1.54) is 0 Å². The summed E-state index contributed by atoms with van der Waals surface area (Å²) in [4.78, 5) is 10.4. The molecule has 0 aliphatic rings. The van der Waals surface area contributed by atoms with Crippen molar-refractivity contribution in [2.45, 2.75) is 26.7 Å². The van der Waals surface area contributed by atoms with E-state index in [1.807, 2.05) is 0 Å². The minimum atomic E-state index is 0.812. The van der Waals surface area contributed by atoms with E-state index in [2.05, 4.69) is 79.1 Å². The predicted octanol–water partition coefficient (Wildman–Crippen LogP) is 4.96. The smallest absolute Gasteiger partial charge is 0.171 e. The van der Waals surface area contributed by atoms with E-state index in [9.17, 15) is 0 Å². The molecule has 0 aliphatic heterocycles. The van der Waals surface area contributed by atoms with Crippen LogP contribution in [-0.4, -0.2) is 16.5 Å². The molecule has 0 amide bonds. The molecular weight excluding hydrogens is 437 g/mol. The third-order valence-electron chi connectivity index (χ3n) is 2.59. The molecule has 2 heterocycles. The molecule has 0 atom stereocenters. The van der Waals surface area contributed by atoms with Gasteiger partial charge in [0.05, 0.1) is 14.1 Å². The van der Waals surface area contributed by atoms with E-state index in [0.717, 1.165) is 49.6 Å². The lowest BCUT2D eigenvalue weighted by molar-refractivity contribution is 0.944. The molecule has 2 rings (SSSR count). The number of nitrogens with one attached hydrogen (secondary N) is 1. The van der Waals surface area contributed by atoms with Gasteiger partial charge in [-0.2, -0.15) is 0 Å². The molecule has 0 aromatic carbocycles. The zero-order valence-corrected chi connectivity index (χ0v) is 15.4. The highest BCUT2D eigenvalue weighted by atomic mass is 127. The van der Waals surface area contributed by atoms with Crippen LogP contribution in [0.1, 0.15) is 26.0 Å². The Labute approximate surface area is 139 Å². The van der Waals surface area contributed by atoms with Crippen molar-refractivity contribution in [2.24, 2.45) is 0 Å². The van der Waals surface area contributed by atoms with Crippen molar-refractivity contribution in [1.29, 1.82) is 0 Å². The quantitative estimate of drug-likeness (QED) is 0.653. The van der Waals surface area contributed by atoms with Crippen molar-refractivity contribution in [3.8, 4) is 10.7 Å². The van der Waals surface area contributed by atoms with Crippen molar-refractivity contribution < 1.29 is 0 Å². The highest BCUT2D eigenvalue weighted by molar-refractivity contribution is 14.1. The summed E-state index contributed by atoms with van der Waals surface area (Å²) < 4.78 is 2.21. The molecule has 3 nitrogen and oxygen atoms in total. The molecule has 0 unspecified atom stereocenters. The highest BCUT2D eigenvalue weighted by Gasteiger charge is 2.13. The van der Waals surface area contributed by atoms with Crippen LogP contribution in [0.3, 0.4) is 0 Å². The zero-order chi connectivity index (χ0) is 13.8. The number of halogens is 2. The minimum Gasteiger partial charge on any atom is -0.369 e. The Hall–Kier alpha value is -0.210. The summed E-state index contributed by atoms with van der Waals surface area (Å²) in [7, 11) is 0. The molecule has 0 saturated heterocycles. The largest absolute Gasteiger partial charge is 0.369 e. The second-order valence-electron chi connectivity index (χ2n) is 4.07.